The fourth-order valence-electron chi connectivity index (χ4n) is 2.06. The molecule has 0 atom stereocenters. The van der Waals surface area contributed by atoms with E-state index < -0.39 is 10.0 Å². The van der Waals surface area contributed by atoms with Gasteiger partial charge in [-0.2, -0.15) is 0 Å². The second-order valence-corrected chi connectivity index (χ2v) is 7.66. The summed E-state index contributed by atoms with van der Waals surface area (Å²) in [6.45, 7) is 0.882. The Kier molecular flexibility index (Phi) is 6.36. The molecule has 0 saturated heterocycles. The van der Waals surface area contributed by atoms with Crippen molar-refractivity contribution in [2.75, 3.05) is 6.54 Å². The summed E-state index contributed by atoms with van der Waals surface area (Å²) in [6.07, 6.45) is 0.592. The second kappa shape index (κ2) is 8.27. The van der Waals surface area contributed by atoms with Crippen LogP contribution in [0.15, 0.2) is 57.9 Å². The van der Waals surface area contributed by atoms with E-state index >= 15 is 0 Å². The fraction of sp³-hybridized carbons (Fsp3) is 0.188. The number of rotatable bonds is 6. The Morgan fingerprint density at radius 3 is 2.38 bits per heavy atom. The van der Waals surface area contributed by atoms with Gasteiger partial charge in [-0.25, -0.2) is 18.4 Å². The summed E-state index contributed by atoms with van der Waals surface area (Å²) in [6, 6.07) is 13.7. The molecule has 0 unspecified atom stereocenters. The average molecular weight is 412 g/mol. The highest BCUT2D eigenvalue weighted by Crippen LogP contribution is 2.11. The third kappa shape index (κ3) is 5.95. The molecule has 0 radical (unpaired) electrons. The number of primary sulfonamides is 1. The minimum atomic E-state index is -3.67. The van der Waals surface area contributed by atoms with E-state index in [1.807, 2.05) is 24.3 Å². The molecule has 0 aliphatic carbocycles. The third-order valence-corrected chi connectivity index (χ3v) is 4.72. The van der Waals surface area contributed by atoms with Gasteiger partial charge < -0.3 is 10.6 Å². The van der Waals surface area contributed by atoms with Crippen LogP contribution in [0, 0.1) is 0 Å². The summed E-state index contributed by atoms with van der Waals surface area (Å²) in [4.78, 5) is 11.8. The first kappa shape index (κ1) is 18.4. The van der Waals surface area contributed by atoms with E-state index in [-0.39, 0.29) is 10.9 Å². The van der Waals surface area contributed by atoms with E-state index in [4.69, 9.17) is 5.14 Å². The summed E-state index contributed by atoms with van der Waals surface area (Å²) in [5, 5.41) is 10.6. The van der Waals surface area contributed by atoms with Crippen LogP contribution in [0.5, 0.6) is 0 Å². The molecule has 2 aromatic rings. The second-order valence-electron chi connectivity index (χ2n) is 5.18. The molecule has 2 aromatic carbocycles. The normalized spacial score (nSPS) is 11.1. The number of carbonyl (C=O) groups is 1. The van der Waals surface area contributed by atoms with Crippen LogP contribution in [-0.2, 0) is 23.0 Å². The van der Waals surface area contributed by atoms with Crippen molar-refractivity contribution in [3.63, 3.8) is 0 Å². The van der Waals surface area contributed by atoms with Crippen LogP contribution in [0.3, 0.4) is 0 Å². The van der Waals surface area contributed by atoms with Crippen LogP contribution >= 0.6 is 15.9 Å². The van der Waals surface area contributed by atoms with Gasteiger partial charge in [0.25, 0.3) is 0 Å². The van der Waals surface area contributed by atoms with E-state index in [0.29, 0.717) is 19.5 Å². The number of urea groups is 1. The maximum atomic E-state index is 11.7. The number of nitrogens with one attached hydrogen (secondary N) is 2. The average Bonchev–Trinajstić information content (AvgIpc) is 2.53. The molecular formula is C16H18BrN3O3S. The molecule has 2 amide bonds. The van der Waals surface area contributed by atoms with Crippen LogP contribution in [0.1, 0.15) is 11.1 Å². The van der Waals surface area contributed by atoms with Gasteiger partial charge in [0.05, 0.1) is 4.90 Å². The van der Waals surface area contributed by atoms with Crippen molar-refractivity contribution in [1.29, 1.82) is 0 Å². The Morgan fingerprint density at radius 2 is 1.75 bits per heavy atom. The third-order valence-electron chi connectivity index (χ3n) is 3.29. The number of carbonyl (C=O) groups excluding carboxylic acids is 1. The minimum absolute atomic E-state index is 0.0750. The van der Waals surface area contributed by atoms with E-state index in [0.717, 1.165) is 15.6 Å². The summed E-state index contributed by atoms with van der Waals surface area (Å²) in [7, 11) is -3.67. The molecule has 6 nitrogen and oxygen atoms in total. The monoisotopic (exact) mass is 411 g/mol. The summed E-state index contributed by atoms with van der Waals surface area (Å²) >= 11 is 3.38. The van der Waals surface area contributed by atoms with Gasteiger partial charge in [-0.05, 0) is 41.8 Å². The van der Waals surface area contributed by atoms with Gasteiger partial charge in [0, 0.05) is 17.6 Å². The highest BCUT2D eigenvalue weighted by molar-refractivity contribution is 9.10. The Labute approximate surface area is 149 Å². The van der Waals surface area contributed by atoms with Crippen molar-refractivity contribution in [2.45, 2.75) is 17.9 Å². The van der Waals surface area contributed by atoms with Gasteiger partial charge >= 0.3 is 6.03 Å². The predicted octanol–water partition coefficient (Wildman–Crippen LogP) is 2.14. The van der Waals surface area contributed by atoms with Crippen molar-refractivity contribution >= 4 is 32.0 Å². The topological polar surface area (TPSA) is 101 Å². The number of halogens is 1. The molecule has 2 rings (SSSR count). The molecule has 0 aliphatic rings. The number of hydrogen-bond donors (Lipinski definition) is 3. The molecule has 0 heterocycles. The number of benzene rings is 2. The predicted molar refractivity (Wildman–Crippen MR) is 95.9 cm³/mol. The lowest BCUT2D eigenvalue weighted by molar-refractivity contribution is 0.240. The SMILES string of the molecule is NS(=O)(=O)c1ccc(CCNC(=O)NCc2cccc(Br)c2)cc1. The van der Waals surface area contributed by atoms with Crippen LogP contribution in [-0.4, -0.2) is 21.0 Å². The molecule has 0 aromatic heterocycles. The van der Waals surface area contributed by atoms with Crippen molar-refractivity contribution in [3.05, 3.63) is 64.1 Å². The van der Waals surface area contributed by atoms with E-state index in [9.17, 15) is 13.2 Å². The number of amides is 2. The Balaban J connectivity index is 1.74. The van der Waals surface area contributed by atoms with Gasteiger partial charge in [0.15, 0.2) is 0 Å². The molecular weight excluding hydrogens is 394 g/mol. The first-order valence-corrected chi connectivity index (χ1v) is 9.56. The summed E-state index contributed by atoms with van der Waals surface area (Å²) in [5.41, 5.74) is 1.91. The number of hydrogen-bond acceptors (Lipinski definition) is 3. The van der Waals surface area contributed by atoms with Crippen molar-refractivity contribution < 1.29 is 13.2 Å². The molecule has 0 aliphatic heterocycles. The molecule has 8 heteroatoms. The lowest BCUT2D eigenvalue weighted by atomic mass is 10.1. The summed E-state index contributed by atoms with van der Waals surface area (Å²) < 4.78 is 23.3. The van der Waals surface area contributed by atoms with Crippen LogP contribution in [0.4, 0.5) is 4.79 Å². The molecule has 24 heavy (non-hydrogen) atoms. The van der Waals surface area contributed by atoms with Crippen LogP contribution in [0.2, 0.25) is 0 Å². The largest absolute Gasteiger partial charge is 0.338 e. The first-order valence-electron chi connectivity index (χ1n) is 7.22. The van der Waals surface area contributed by atoms with Crippen molar-refractivity contribution in [3.8, 4) is 0 Å². The molecule has 128 valence electrons. The van der Waals surface area contributed by atoms with E-state index in [2.05, 4.69) is 26.6 Å². The smallest absolute Gasteiger partial charge is 0.315 e. The fourth-order valence-corrected chi connectivity index (χ4v) is 3.02. The maximum absolute atomic E-state index is 11.7. The van der Waals surface area contributed by atoms with Crippen LogP contribution < -0.4 is 15.8 Å². The van der Waals surface area contributed by atoms with Crippen molar-refractivity contribution in [1.82, 2.24) is 10.6 Å². The van der Waals surface area contributed by atoms with Gasteiger partial charge in [-0.3, -0.25) is 0 Å². The molecule has 0 fully saturated rings. The van der Waals surface area contributed by atoms with E-state index in [1.54, 1.807) is 12.1 Å². The molecule has 0 spiro atoms. The molecule has 0 bridgehead atoms. The Bertz CT molecular complexity index is 808. The van der Waals surface area contributed by atoms with E-state index in [1.165, 1.54) is 12.1 Å². The minimum Gasteiger partial charge on any atom is -0.338 e. The Hall–Kier alpha value is -1.90. The van der Waals surface area contributed by atoms with Crippen molar-refractivity contribution in [2.24, 2.45) is 5.14 Å². The lowest BCUT2D eigenvalue weighted by Crippen LogP contribution is -2.36. The number of nitrogens with two attached hydrogens (primary N) is 1. The zero-order valence-electron chi connectivity index (χ0n) is 12.8. The zero-order chi connectivity index (χ0) is 17.6. The first-order chi connectivity index (χ1) is 11.3. The lowest BCUT2D eigenvalue weighted by Gasteiger charge is -2.08. The maximum Gasteiger partial charge on any atom is 0.315 e. The van der Waals surface area contributed by atoms with Crippen LogP contribution in [0.25, 0.3) is 0 Å². The van der Waals surface area contributed by atoms with Gasteiger partial charge in [-0.15, -0.1) is 0 Å². The number of sulfonamides is 1. The highest BCUT2D eigenvalue weighted by atomic mass is 79.9. The molecule has 0 saturated carbocycles. The highest BCUT2D eigenvalue weighted by Gasteiger charge is 2.07. The van der Waals surface area contributed by atoms with Gasteiger partial charge in [-0.1, -0.05) is 40.2 Å². The Morgan fingerprint density at radius 1 is 1.04 bits per heavy atom. The quantitative estimate of drug-likeness (QED) is 0.678. The standard InChI is InChI=1S/C16H18BrN3O3S/c17-14-3-1-2-13(10-14)11-20-16(21)19-9-8-12-4-6-15(7-5-12)24(18,22)23/h1-7,10H,8-9,11H2,(H2,18,22,23)(H2,19,20,21). The summed E-state index contributed by atoms with van der Waals surface area (Å²) in [5.74, 6) is 0. The molecule has 4 N–H and O–H groups in total. The van der Waals surface area contributed by atoms with Gasteiger partial charge in [0.2, 0.25) is 10.0 Å². The van der Waals surface area contributed by atoms with Gasteiger partial charge in [0.1, 0.15) is 0 Å². The zero-order valence-corrected chi connectivity index (χ0v) is 15.2.